The molecule has 2 aromatic rings. The van der Waals surface area contributed by atoms with Gasteiger partial charge in [-0.1, -0.05) is 33.6 Å². The van der Waals surface area contributed by atoms with Gasteiger partial charge in [0.15, 0.2) is 5.65 Å². The van der Waals surface area contributed by atoms with Gasteiger partial charge < -0.3 is 5.32 Å². The van der Waals surface area contributed by atoms with Gasteiger partial charge in [0.1, 0.15) is 5.39 Å². The minimum atomic E-state index is -0.441. The molecule has 0 spiro atoms. The number of carbonyl (C=O) groups is 1. The van der Waals surface area contributed by atoms with Crippen molar-refractivity contribution in [2.75, 3.05) is 5.32 Å². The molecule has 1 amide bonds. The van der Waals surface area contributed by atoms with Gasteiger partial charge in [-0.05, 0) is 24.8 Å². The zero-order valence-electron chi connectivity index (χ0n) is 16.3. The van der Waals surface area contributed by atoms with Crippen LogP contribution in [0.15, 0.2) is 15.8 Å². The van der Waals surface area contributed by atoms with Gasteiger partial charge in [0.2, 0.25) is 5.91 Å². The number of aromatic nitrogens is 3. The van der Waals surface area contributed by atoms with Crippen molar-refractivity contribution in [2.24, 2.45) is 20.0 Å². The van der Waals surface area contributed by atoms with Crippen LogP contribution in [0.3, 0.4) is 0 Å². The van der Waals surface area contributed by atoms with Crippen molar-refractivity contribution in [3.05, 3.63) is 32.6 Å². The largest absolute Gasteiger partial charge is 0.332 e. The van der Waals surface area contributed by atoms with Crippen molar-refractivity contribution in [1.82, 2.24) is 14.1 Å². The summed E-state index contributed by atoms with van der Waals surface area (Å²) in [6.07, 6.45) is 5.71. The molecule has 0 aliphatic carbocycles. The lowest BCUT2D eigenvalue weighted by atomic mass is 9.97. The molecule has 0 aromatic carbocycles. The van der Waals surface area contributed by atoms with E-state index in [0.717, 1.165) is 35.8 Å². The van der Waals surface area contributed by atoms with Gasteiger partial charge in [-0.15, -0.1) is 0 Å². The van der Waals surface area contributed by atoms with Crippen molar-refractivity contribution in [1.29, 1.82) is 0 Å². The van der Waals surface area contributed by atoms with Crippen LogP contribution < -0.4 is 16.6 Å². The summed E-state index contributed by atoms with van der Waals surface area (Å²) in [5, 5.41) is 3.27. The Hall–Kier alpha value is -2.44. The van der Waals surface area contributed by atoms with Crippen molar-refractivity contribution in [2.45, 2.75) is 52.9 Å². The number of anilines is 1. The lowest BCUT2D eigenvalue weighted by Gasteiger charge is -2.19. The molecule has 0 aliphatic rings. The number of hydrogen-bond acceptors (Lipinski definition) is 4. The molecule has 0 unspecified atom stereocenters. The van der Waals surface area contributed by atoms with E-state index >= 15 is 0 Å². The molecule has 7 heteroatoms. The normalized spacial score (nSPS) is 11.3. The van der Waals surface area contributed by atoms with Crippen molar-refractivity contribution in [3.8, 4) is 0 Å². The highest BCUT2D eigenvalue weighted by Crippen LogP contribution is 2.25. The van der Waals surface area contributed by atoms with E-state index in [1.807, 2.05) is 6.92 Å². The number of rotatable bonds is 7. The maximum absolute atomic E-state index is 12.8. The smallest absolute Gasteiger partial charge is 0.325 e. The highest BCUT2D eigenvalue weighted by atomic mass is 16.2. The number of amides is 1. The summed E-state index contributed by atoms with van der Waals surface area (Å²) in [6.45, 7) is 6.06. The summed E-state index contributed by atoms with van der Waals surface area (Å²) < 4.78 is 2.38. The topological polar surface area (TPSA) is 86.0 Å². The molecule has 0 saturated heterocycles. The maximum atomic E-state index is 12.8. The first-order chi connectivity index (χ1) is 12.4. The predicted molar refractivity (Wildman–Crippen MR) is 104 cm³/mol. The van der Waals surface area contributed by atoms with Crippen molar-refractivity contribution < 1.29 is 4.79 Å². The molecular weight excluding hydrogens is 332 g/mol. The Morgan fingerprint density at radius 1 is 1.12 bits per heavy atom. The zero-order chi connectivity index (χ0) is 19.4. The molecule has 26 heavy (non-hydrogen) atoms. The lowest BCUT2D eigenvalue weighted by molar-refractivity contribution is -0.120. The molecule has 2 rings (SSSR count). The van der Waals surface area contributed by atoms with Crippen LogP contribution in [0.25, 0.3) is 11.0 Å². The second-order valence-electron chi connectivity index (χ2n) is 6.68. The van der Waals surface area contributed by atoms with Gasteiger partial charge in [-0.3, -0.25) is 18.7 Å². The van der Waals surface area contributed by atoms with E-state index < -0.39 is 11.2 Å². The third-order valence-electron chi connectivity index (χ3n) is 4.82. The summed E-state index contributed by atoms with van der Waals surface area (Å²) in [6, 6.07) is 0. The first kappa shape index (κ1) is 19.9. The van der Waals surface area contributed by atoms with Crippen LogP contribution >= 0.6 is 0 Å². The van der Waals surface area contributed by atoms with Crippen LogP contribution in [0.1, 0.15) is 52.0 Å². The first-order valence-corrected chi connectivity index (χ1v) is 9.25. The Balaban J connectivity index is 2.67. The van der Waals surface area contributed by atoms with Crippen LogP contribution in [0.2, 0.25) is 0 Å². The molecule has 0 fully saturated rings. The van der Waals surface area contributed by atoms with E-state index in [1.165, 1.54) is 11.6 Å². The Morgan fingerprint density at radius 3 is 2.27 bits per heavy atom. The number of nitrogens with zero attached hydrogens (tertiary/aromatic N) is 3. The molecule has 7 nitrogen and oxygen atoms in total. The molecule has 142 valence electrons. The summed E-state index contributed by atoms with van der Waals surface area (Å²) in [7, 11) is 3.01. The fourth-order valence-corrected chi connectivity index (χ4v) is 3.31. The van der Waals surface area contributed by atoms with Gasteiger partial charge in [-0.2, -0.15) is 0 Å². The molecule has 1 N–H and O–H groups in total. The average Bonchev–Trinajstić information content (AvgIpc) is 2.64. The third-order valence-corrected chi connectivity index (χ3v) is 4.82. The number of fused-ring (bicyclic) bond motifs is 1. The Morgan fingerprint density at radius 2 is 1.73 bits per heavy atom. The fraction of sp³-hybridized carbons (Fsp3) is 0.579. The molecule has 0 bridgehead atoms. The Labute approximate surface area is 153 Å². The van der Waals surface area contributed by atoms with Gasteiger partial charge in [0.25, 0.3) is 5.56 Å². The minimum absolute atomic E-state index is 0.0770. The molecule has 2 aromatic heterocycles. The molecular formula is C19H28N4O3. The second kappa shape index (κ2) is 8.29. The number of hydrogen-bond donors (Lipinski definition) is 1. The number of aryl methyl sites for hydroxylation is 2. The third kappa shape index (κ3) is 3.57. The first-order valence-electron chi connectivity index (χ1n) is 9.25. The van der Waals surface area contributed by atoms with Crippen LogP contribution in [0.5, 0.6) is 0 Å². The summed E-state index contributed by atoms with van der Waals surface area (Å²) in [5.41, 5.74) is 0.674. The Bertz CT molecular complexity index is 921. The van der Waals surface area contributed by atoms with Gasteiger partial charge in [-0.25, -0.2) is 9.78 Å². The van der Waals surface area contributed by atoms with Gasteiger partial charge in [0, 0.05) is 26.2 Å². The van der Waals surface area contributed by atoms with E-state index in [4.69, 9.17) is 0 Å². The minimum Gasteiger partial charge on any atom is -0.325 e. The predicted octanol–water partition coefficient (Wildman–Crippen LogP) is 2.35. The number of nitrogens with one attached hydrogen (secondary N) is 1. The van der Waals surface area contributed by atoms with Gasteiger partial charge >= 0.3 is 5.69 Å². The molecule has 2 heterocycles. The maximum Gasteiger partial charge on any atom is 0.332 e. The van der Waals surface area contributed by atoms with Crippen molar-refractivity contribution >= 4 is 22.6 Å². The number of carbonyl (C=O) groups excluding carboxylic acids is 1. The van der Waals surface area contributed by atoms with Crippen LogP contribution in [-0.2, 0) is 25.3 Å². The standard InChI is InChI=1S/C19H28N4O3/c1-6-9-13(10-7-2)17(24)21-15-12(8-3)11-20-16-14(15)18(25)23(5)19(26)22(16)4/h11,13H,6-10H2,1-5H3,(H,20,21,24). The Kier molecular flexibility index (Phi) is 6.34. The van der Waals surface area contributed by atoms with Crippen LogP contribution in [0, 0.1) is 5.92 Å². The number of pyridine rings is 1. The molecule has 0 radical (unpaired) electrons. The fourth-order valence-electron chi connectivity index (χ4n) is 3.31. The molecule has 0 aliphatic heterocycles. The zero-order valence-corrected chi connectivity index (χ0v) is 16.3. The summed E-state index contributed by atoms with van der Waals surface area (Å²) in [5.74, 6) is -0.166. The SMILES string of the molecule is CCCC(CCC)C(=O)Nc1c(CC)cnc2c1c(=O)n(C)c(=O)n2C. The molecule has 0 atom stereocenters. The lowest BCUT2D eigenvalue weighted by Crippen LogP contribution is -2.38. The van der Waals surface area contributed by atoms with Crippen LogP contribution in [0.4, 0.5) is 5.69 Å². The van der Waals surface area contributed by atoms with E-state index in [1.54, 1.807) is 13.2 Å². The highest BCUT2D eigenvalue weighted by Gasteiger charge is 2.22. The molecule has 0 saturated carbocycles. The van der Waals surface area contributed by atoms with Crippen molar-refractivity contribution in [3.63, 3.8) is 0 Å². The van der Waals surface area contributed by atoms with Crippen LogP contribution in [-0.4, -0.2) is 20.0 Å². The van der Waals surface area contributed by atoms with E-state index in [-0.39, 0.29) is 22.9 Å². The second-order valence-corrected chi connectivity index (χ2v) is 6.68. The summed E-state index contributed by atoms with van der Waals surface area (Å²) in [4.78, 5) is 42.1. The highest BCUT2D eigenvalue weighted by molar-refractivity contribution is 6.01. The monoisotopic (exact) mass is 360 g/mol. The average molecular weight is 360 g/mol. The van der Waals surface area contributed by atoms with E-state index in [9.17, 15) is 14.4 Å². The van der Waals surface area contributed by atoms with E-state index in [0.29, 0.717) is 12.1 Å². The quantitative estimate of drug-likeness (QED) is 0.821. The van der Waals surface area contributed by atoms with Gasteiger partial charge in [0.05, 0.1) is 5.69 Å². The van der Waals surface area contributed by atoms with E-state index in [2.05, 4.69) is 24.1 Å². The summed E-state index contributed by atoms with van der Waals surface area (Å²) >= 11 is 0.